The molecule has 26 heavy (non-hydrogen) atoms. The highest BCUT2D eigenvalue weighted by Gasteiger charge is 2.29. The van der Waals surface area contributed by atoms with E-state index < -0.39 is 12.5 Å². The zero-order valence-corrected chi connectivity index (χ0v) is 13.6. The fraction of sp³-hybridized carbons (Fsp3) is 0.235. The molecule has 0 radical (unpaired) electrons. The zero-order valence-electron chi connectivity index (χ0n) is 13.6. The number of hydrogen-bond acceptors (Lipinski definition) is 6. The fourth-order valence-corrected chi connectivity index (χ4v) is 3.13. The SMILES string of the molecule is O=c1c2ncn([C@H]3CO[C@@H](CO)O3)c2nc2[nH]c(-c3ccccc3)cn12. The lowest BCUT2D eigenvalue weighted by Gasteiger charge is -2.11. The molecule has 9 nitrogen and oxygen atoms in total. The molecule has 1 aromatic carbocycles. The normalized spacial score (nSPS) is 20.3. The van der Waals surface area contributed by atoms with Crippen LogP contribution in [-0.2, 0) is 9.47 Å². The summed E-state index contributed by atoms with van der Waals surface area (Å²) < 4.78 is 14.0. The van der Waals surface area contributed by atoms with Crippen LogP contribution in [0.25, 0.3) is 28.2 Å². The number of aromatic nitrogens is 5. The van der Waals surface area contributed by atoms with Gasteiger partial charge in [0.25, 0.3) is 5.56 Å². The molecular weight excluding hydrogens is 338 g/mol. The number of fused-ring (bicyclic) bond motifs is 2. The third-order valence-corrected chi connectivity index (χ3v) is 4.41. The molecule has 2 N–H and O–H groups in total. The largest absolute Gasteiger partial charge is 0.391 e. The van der Waals surface area contributed by atoms with Crippen LogP contribution in [0.5, 0.6) is 0 Å². The van der Waals surface area contributed by atoms with Crippen LogP contribution in [0.2, 0.25) is 0 Å². The van der Waals surface area contributed by atoms with Gasteiger partial charge >= 0.3 is 0 Å². The van der Waals surface area contributed by atoms with Crippen LogP contribution in [-0.4, -0.2) is 48.5 Å². The van der Waals surface area contributed by atoms with Gasteiger partial charge in [-0.3, -0.25) is 9.36 Å². The van der Waals surface area contributed by atoms with Crippen molar-refractivity contribution in [1.82, 2.24) is 23.9 Å². The summed E-state index contributed by atoms with van der Waals surface area (Å²) in [4.78, 5) is 24.7. The monoisotopic (exact) mass is 353 g/mol. The van der Waals surface area contributed by atoms with Crippen LogP contribution >= 0.6 is 0 Å². The van der Waals surface area contributed by atoms with Gasteiger partial charge in [0.05, 0.1) is 25.2 Å². The summed E-state index contributed by atoms with van der Waals surface area (Å²) in [7, 11) is 0. The Morgan fingerprint density at radius 1 is 1.31 bits per heavy atom. The second-order valence-electron chi connectivity index (χ2n) is 6.00. The molecule has 1 aliphatic heterocycles. The highest BCUT2D eigenvalue weighted by Crippen LogP contribution is 2.24. The fourth-order valence-electron chi connectivity index (χ4n) is 3.13. The number of imidazole rings is 2. The first-order valence-electron chi connectivity index (χ1n) is 8.16. The van der Waals surface area contributed by atoms with Gasteiger partial charge in [-0.05, 0) is 5.56 Å². The summed E-state index contributed by atoms with van der Waals surface area (Å²) in [6, 6.07) is 9.69. The van der Waals surface area contributed by atoms with Gasteiger partial charge in [-0.15, -0.1) is 0 Å². The Balaban J connectivity index is 1.65. The molecular formula is C17H15N5O4. The molecule has 3 aromatic heterocycles. The standard InChI is InChI=1S/C17H15N5O4/c23-7-13-25-8-12(26-13)22-9-18-14-15(22)20-17-19-11(6-21(17)16(14)24)10-4-2-1-3-5-10/h1-6,9,12-13,23H,7-8H2,(H,19,20)/t12-,13-/m1/s1. The molecule has 0 amide bonds. The molecule has 0 bridgehead atoms. The average molecular weight is 353 g/mol. The third-order valence-electron chi connectivity index (χ3n) is 4.41. The number of aliphatic hydroxyl groups excluding tert-OH is 1. The predicted molar refractivity (Wildman–Crippen MR) is 91.5 cm³/mol. The van der Waals surface area contributed by atoms with E-state index in [1.165, 1.54) is 10.7 Å². The molecule has 132 valence electrons. The van der Waals surface area contributed by atoms with E-state index in [4.69, 9.17) is 14.6 Å². The lowest BCUT2D eigenvalue weighted by atomic mass is 10.2. The number of nitrogens with one attached hydrogen (secondary N) is 1. The number of benzene rings is 1. The Hall–Kier alpha value is -3.01. The lowest BCUT2D eigenvalue weighted by molar-refractivity contribution is -0.0980. The highest BCUT2D eigenvalue weighted by molar-refractivity contribution is 5.73. The second-order valence-corrected chi connectivity index (χ2v) is 6.00. The van der Waals surface area contributed by atoms with Crippen molar-refractivity contribution in [2.75, 3.05) is 13.2 Å². The van der Waals surface area contributed by atoms with E-state index in [-0.39, 0.29) is 24.3 Å². The quantitative estimate of drug-likeness (QED) is 0.567. The second kappa shape index (κ2) is 5.77. The Bertz CT molecular complexity index is 1150. The highest BCUT2D eigenvalue weighted by atomic mass is 16.7. The molecule has 1 saturated heterocycles. The maximum absolute atomic E-state index is 12.8. The topological polar surface area (TPSA) is 107 Å². The molecule has 4 aromatic rings. The van der Waals surface area contributed by atoms with E-state index in [2.05, 4.69) is 15.0 Å². The van der Waals surface area contributed by atoms with Gasteiger partial charge in [-0.25, -0.2) is 9.38 Å². The van der Waals surface area contributed by atoms with Crippen molar-refractivity contribution < 1.29 is 14.6 Å². The van der Waals surface area contributed by atoms with E-state index in [1.54, 1.807) is 10.8 Å². The maximum atomic E-state index is 12.8. The van der Waals surface area contributed by atoms with E-state index in [9.17, 15) is 4.79 Å². The summed E-state index contributed by atoms with van der Waals surface area (Å²) in [5, 5.41) is 9.14. The molecule has 1 fully saturated rings. The van der Waals surface area contributed by atoms with Gasteiger partial charge in [0.2, 0.25) is 5.78 Å². The zero-order chi connectivity index (χ0) is 17.7. The third kappa shape index (κ3) is 2.25. The Kier molecular flexibility index (Phi) is 3.38. The lowest BCUT2D eigenvalue weighted by Crippen LogP contribution is -2.17. The van der Waals surface area contributed by atoms with Crippen molar-refractivity contribution in [2.45, 2.75) is 12.5 Å². The number of nitrogens with zero attached hydrogens (tertiary/aromatic N) is 4. The van der Waals surface area contributed by atoms with Crippen molar-refractivity contribution in [3.8, 4) is 11.3 Å². The Morgan fingerprint density at radius 2 is 2.15 bits per heavy atom. The van der Waals surface area contributed by atoms with Crippen molar-refractivity contribution >= 4 is 16.9 Å². The van der Waals surface area contributed by atoms with Crippen LogP contribution in [0.4, 0.5) is 0 Å². The number of rotatable bonds is 3. The predicted octanol–water partition coefficient (Wildman–Crippen LogP) is 0.903. The number of aromatic amines is 1. The van der Waals surface area contributed by atoms with Crippen LogP contribution in [0, 0.1) is 0 Å². The minimum atomic E-state index is -0.683. The molecule has 0 spiro atoms. The first-order valence-corrected chi connectivity index (χ1v) is 8.16. The summed E-state index contributed by atoms with van der Waals surface area (Å²) in [5.74, 6) is 0.417. The summed E-state index contributed by atoms with van der Waals surface area (Å²) >= 11 is 0. The summed E-state index contributed by atoms with van der Waals surface area (Å²) in [5.41, 5.74) is 2.13. The molecule has 5 rings (SSSR count). The van der Waals surface area contributed by atoms with Crippen LogP contribution in [0.15, 0.2) is 47.7 Å². The minimum absolute atomic E-state index is 0.236. The smallest absolute Gasteiger partial charge is 0.287 e. The minimum Gasteiger partial charge on any atom is -0.391 e. The molecule has 0 saturated carbocycles. The van der Waals surface area contributed by atoms with E-state index >= 15 is 0 Å². The van der Waals surface area contributed by atoms with Gasteiger partial charge in [0.15, 0.2) is 23.7 Å². The first-order chi connectivity index (χ1) is 12.7. The van der Waals surface area contributed by atoms with Gasteiger partial charge < -0.3 is 19.6 Å². The van der Waals surface area contributed by atoms with E-state index in [0.717, 1.165) is 11.3 Å². The summed E-state index contributed by atoms with van der Waals surface area (Å²) in [6.45, 7) is 0.0122. The maximum Gasteiger partial charge on any atom is 0.287 e. The van der Waals surface area contributed by atoms with Crippen LogP contribution in [0.3, 0.4) is 0 Å². The van der Waals surface area contributed by atoms with E-state index in [1.807, 2.05) is 30.3 Å². The average Bonchev–Trinajstić information content (AvgIpc) is 3.40. The van der Waals surface area contributed by atoms with Crippen molar-refractivity contribution in [2.24, 2.45) is 0 Å². The molecule has 1 aliphatic rings. The van der Waals surface area contributed by atoms with Gasteiger partial charge in [-0.1, -0.05) is 30.3 Å². The van der Waals surface area contributed by atoms with Crippen molar-refractivity contribution in [3.05, 3.63) is 53.2 Å². The molecule has 0 aliphatic carbocycles. The molecule has 0 unspecified atom stereocenters. The summed E-state index contributed by atoms with van der Waals surface area (Å²) in [6.07, 6.45) is 2.05. The number of hydrogen-bond donors (Lipinski definition) is 2. The Morgan fingerprint density at radius 3 is 2.92 bits per heavy atom. The number of H-pyrrole nitrogens is 1. The van der Waals surface area contributed by atoms with Gasteiger partial charge in [0, 0.05) is 6.20 Å². The Labute approximate surface area is 146 Å². The molecule has 9 heteroatoms. The molecule has 4 heterocycles. The van der Waals surface area contributed by atoms with Crippen LogP contribution in [0.1, 0.15) is 6.23 Å². The first kappa shape index (κ1) is 15.3. The van der Waals surface area contributed by atoms with Crippen molar-refractivity contribution in [3.63, 3.8) is 0 Å². The van der Waals surface area contributed by atoms with E-state index in [0.29, 0.717) is 11.4 Å². The number of aliphatic hydroxyl groups is 1. The molecule has 2 atom stereocenters. The number of ether oxygens (including phenoxy) is 2. The van der Waals surface area contributed by atoms with Crippen LogP contribution < -0.4 is 5.56 Å². The van der Waals surface area contributed by atoms with Gasteiger partial charge in [0.1, 0.15) is 0 Å². The van der Waals surface area contributed by atoms with Gasteiger partial charge in [-0.2, -0.15) is 4.98 Å². The van der Waals surface area contributed by atoms with Crippen molar-refractivity contribution in [1.29, 1.82) is 0 Å².